The molecule has 0 spiro atoms. The average molecular weight is 708 g/mol. The predicted molar refractivity (Wildman–Crippen MR) is 183 cm³/mol. The Bertz CT molecular complexity index is 2010. The highest BCUT2D eigenvalue weighted by molar-refractivity contribution is 6.31. The first kappa shape index (κ1) is 36.2. The maximum Gasteiger partial charge on any atom is 0.375 e. The van der Waals surface area contributed by atoms with Crippen molar-refractivity contribution in [2.45, 2.75) is 26.9 Å². The second-order valence-electron chi connectivity index (χ2n) is 10.5. The second-order valence-corrected chi connectivity index (χ2v) is 11.3. The van der Waals surface area contributed by atoms with Gasteiger partial charge in [0.2, 0.25) is 5.82 Å². The van der Waals surface area contributed by atoms with E-state index in [0.29, 0.717) is 13.1 Å². The molecule has 0 bridgehead atoms. The topological polar surface area (TPSA) is 154 Å². The van der Waals surface area contributed by atoms with Gasteiger partial charge in [0.05, 0.1) is 34.5 Å². The van der Waals surface area contributed by atoms with Crippen LogP contribution in [0.5, 0.6) is 0 Å². The Hall–Kier alpha value is -5.66. The van der Waals surface area contributed by atoms with Gasteiger partial charge in [0, 0.05) is 0 Å². The van der Waals surface area contributed by atoms with Crippen LogP contribution in [0, 0.1) is 25.5 Å². The Labute approximate surface area is 290 Å². The monoisotopic (exact) mass is 706 g/mol. The molecule has 2 aromatic heterocycles. The lowest BCUT2D eigenvalue weighted by Gasteiger charge is -2.05. The van der Waals surface area contributed by atoms with Crippen LogP contribution in [0.2, 0.25) is 10.0 Å². The molecule has 0 radical (unpaired) electrons. The summed E-state index contributed by atoms with van der Waals surface area (Å²) in [5.74, 6) is -3.15. The number of carboxylic acids is 1. The summed E-state index contributed by atoms with van der Waals surface area (Å²) in [5, 5.41) is 19.0. The zero-order valence-electron chi connectivity index (χ0n) is 26.2. The van der Waals surface area contributed by atoms with Crippen LogP contribution < -0.4 is 11.1 Å². The van der Waals surface area contributed by atoms with E-state index in [1.54, 1.807) is 16.8 Å². The maximum atomic E-state index is 13.8. The van der Waals surface area contributed by atoms with Crippen LogP contribution in [0.4, 0.5) is 20.2 Å². The summed E-state index contributed by atoms with van der Waals surface area (Å²) >= 11 is 11.0. The molecule has 0 atom stereocenters. The molecule has 0 aliphatic rings. The Morgan fingerprint density at radius 1 is 0.735 bits per heavy atom. The Morgan fingerprint density at radius 2 is 1.20 bits per heavy atom. The first-order chi connectivity index (χ1) is 23.4. The Balaban J connectivity index is 0.000000185. The van der Waals surface area contributed by atoms with Crippen molar-refractivity contribution in [3.63, 3.8) is 0 Å². The van der Waals surface area contributed by atoms with Gasteiger partial charge in [0.25, 0.3) is 11.7 Å². The molecule has 252 valence electrons. The molecule has 0 unspecified atom stereocenters. The van der Waals surface area contributed by atoms with E-state index < -0.39 is 23.5 Å². The van der Waals surface area contributed by atoms with E-state index >= 15 is 0 Å². The highest BCUT2D eigenvalue weighted by Gasteiger charge is 2.15. The number of carbonyl (C=O) groups excluding carboxylic acids is 1. The summed E-state index contributed by atoms with van der Waals surface area (Å²) in [6.45, 7) is 5.05. The third-order valence-electron chi connectivity index (χ3n) is 6.58. The molecule has 11 nitrogen and oxygen atoms in total. The van der Waals surface area contributed by atoms with Gasteiger partial charge in [-0.2, -0.15) is 0 Å². The minimum absolute atomic E-state index is 0.0117. The van der Waals surface area contributed by atoms with Crippen LogP contribution in [0.25, 0.3) is 0 Å². The number of aromatic carboxylic acids is 1. The van der Waals surface area contributed by atoms with Gasteiger partial charge < -0.3 is 16.2 Å². The molecule has 4 N–H and O–H groups in total. The van der Waals surface area contributed by atoms with Crippen molar-refractivity contribution in [2.24, 2.45) is 0 Å². The summed E-state index contributed by atoms with van der Waals surface area (Å²) in [7, 11) is 0. The number of amides is 1. The van der Waals surface area contributed by atoms with Crippen molar-refractivity contribution in [3.05, 3.63) is 153 Å². The van der Waals surface area contributed by atoms with Gasteiger partial charge in [0.15, 0.2) is 11.6 Å². The van der Waals surface area contributed by atoms with Gasteiger partial charge in [0.1, 0.15) is 12.7 Å². The van der Waals surface area contributed by atoms with Crippen molar-refractivity contribution in [3.8, 4) is 0 Å². The van der Waals surface area contributed by atoms with Gasteiger partial charge >= 0.3 is 5.97 Å². The Morgan fingerprint density at radius 3 is 1.67 bits per heavy atom. The van der Waals surface area contributed by atoms with E-state index in [-0.39, 0.29) is 33.1 Å². The van der Waals surface area contributed by atoms with E-state index in [9.17, 15) is 18.4 Å². The molecule has 0 aliphatic carbocycles. The smallest absolute Gasteiger partial charge is 0.375 e. The number of nitrogen functional groups attached to an aromatic ring is 1. The largest absolute Gasteiger partial charge is 0.475 e. The van der Waals surface area contributed by atoms with Crippen LogP contribution in [-0.4, -0.2) is 46.5 Å². The van der Waals surface area contributed by atoms with Crippen molar-refractivity contribution in [1.82, 2.24) is 29.5 Å². The normalized spacial score (nSPS) is 10.3. The molecule has 0 aliphatic heterocycles. The van der Waals surface area contributed by atoms with Gasteiger partial charge in [-0.05, 0) is 49.2 Å². The number of hydrogen-bond donors (Lipinski definition) is 3. The summed E-state index contributed by atoms with van der Waals surface area (Å²) < 4.78 is 29.3. The minimum atomic E-state index is -1.11. The number of nitrogens with two attached hydrogens (primary N) is 1. The van der Waals surface area contributed by atoms with Gasteiger partial charge in [-0.25, -0.2) is 32.9 Å². The molecule has 2 heterocycles. The zero-order valence-corrected chi connectivity index (χ0v) is 27.7. The van der Waals surface area contributed by atoms with Crippen molar-refractivity contribution < 1.29 is 23.5 Å². The summed E-state index contributed by atoms with van der Waals surface area (Å²) in [6, 6.07) is 24.8. The molecule has 49 heavy (non-hydrogen) atoms. The summed E-state index contributed by atoms with van der Waals surface area (Å²) in [4.78, 5) is 30.3. The average Bonchev–Trinajstić information content (AvgIpc) is 3.75. The van der Waals surface area contributed by atoms with Crippen LogP contribution in [-0.2, 0) is 13.1 Å². The van der Waals surface area contributed by atoms with E-state index in [0.717, 1.165) is 11.1 Å². The van der Waals surface area contributed by atoms with Crippen molar-refractivity contribution in [2.75, 3.05) is 11.1 Å². The van der Waals surface area contributed by atoms with Crippen LogP contribution in [0.15, 0.2) is 97.6 Å². The molecular weight excluding hydrogens is 677 g/mol. The number of hydrogen-bond acceptors (Lipinski definition) is 7. The number of halogens is 4. The number of nitrogens with zero attached hydrogens (tertiary/aromatic N) is 6. The molecule has 0 saturated carbocycles. The molecule has 0 saturated heterocycles. The fourth-order valence-electron chi connectivity index (χ4n) is 4.00. The maximum absolute atomic E-state index is 13.8. The van der Waals surface area contributed by atoms with Crippen molar-refractivity contribution >= 4 is 46.5 Å². The molecule has 0 fully saturated rings. The number of carbonyl (C=O) groups is 2. The third-order valence-corrected chi connectivity index (χ3v) is 7.16. The molecule has 6 aromatic rings. The number of aromatic nitrogens is 6. The number of nitrogens with one attached hydrogen (secondary N) is 1. The standard InChI is InChI=1S/C17H14ClFN4O.C11H11N3O2.C6H5ClFN/c1-11-5-7-12(8-6-11)9-23-10-20-16(22-23)17(24)21-14-4-2-3-13(18)15(14)19;1-8-2-4-9(5-3-8)6-14-7-12-10(13-14)11(15)16;7-4-2-1-3-5(9)6(4)8/h2-8,10H,9H2,1H3,(H,21,24);2-5,7H,6H2,1H3,(H,15,16);1-3H,9H2. The quantitative estimate of drug-likeness (QED) is 0.149. The highest BCUT2D eigenvalue weighted by Crippen LogP contribution is 2.22. The first-order valence-corrected chi connectivity index (χ1v) is 15.2. The molecule has 4 aromatic carbocycles. The van der Waals surface area contributed by atoms with E-state index in [2.05, 4.69) is 25.5 Å². The number of benzene rings is 4. The van der Waals surface area contributed by atoms with Gasteiger partial charge in [-0.3, -0.25) is 4.79 Å². The van der Waals surface area contributed by atoms with E-state index in [4.69, 9.17) is 34.0 Å². The SMILES string of the molecule is Cc1ccc(Cn2cnc(C(=O)Nc3cccc(Cl)c3F)n2)cc1.Cc1ccc(Cn2cnc(C(=O)O)n2)cc1.Nc1cccc(Cl)c1F. The zero-order chi connectivity index (χ0) is 35.5. The number of rotatable bonds is 7. The molecule has 6 rings (SSSR count). The lowest BCUT2D eigenvalue weighted by atomic mass is 10.1. The number of aryl methyl sites for hydroxylation is 2. The number of anilines is 2. The van der Waals surface area contributed by atoms with Crippen LogP contribution in [0.1, 0.15) is 43.5 Å². The highest BCUT2D eigenvalue weighted by atomic mass is 35.5. The lowest BCUT2D eigenvalue weighted by molar-refractivity contribution is 0.0683. The fraction of sp³-hybridized carbons (Fsp3) is 0.118. The second kappa shape index (κ2) is 16.9. The fourth-order valence-corrected chi connectivity index (χ4v) is 4.36. The molecule has 15 heteroatoms. The third kappa shape index (κ3) is 10.7. The predicted octanol–water partition coefficient (Wildman–Crippen LogP) is 7.07. The van der Waals surface area contributed by atoms with Crippen LogP contribution >= 0.6 is 23.2 Å². The van der Waals surface area contributed by atoms with E-state index in [1.807, 2.05) is 62.4 Å². The summed E-state index contributed by atoms with van der Waals surface area (Å²) in [6.07, 6.45) is 2.88. The van der Waals surface area contributed by atoms with Gasteiger partial charge in [-0.15, -0.1) is 10.2 Å². The van der Waals surface area contributed by atoms with Gasteiger partial charge in [-0.1, -0.05) is 95.0 Å². The van der Waals surface area contributed by atoms with Crippen molar-refractivity contribution in [1.29, 1.82) is 0 Å². The molecular formula is C34H30Cl2F2N8O3. The minimum Gasteiger partial charge on any atom is -0.475 e. The van der Waals surface area contributed by atoms with Crippen LogP contribution in [0.3, 0.4) is 0 Å². The summed E-state index contributed by atoms with van der Waals surface area (Å²) in [5.41, 5.74) is 9.69. The van der Waals surface area contributed by atoms with E-state index in [1.165, 1.54) is 52.7 Å². The Kier molecular flexibility index (Phi) is 12.5. The first-order valence-electron chi connectivity index (χ1n) is 14.5. The lowest BCUT2D eigenvalue weighted by Crippen LogP contribution is -2.15. The molecule has 1 amide bonds. The number of carboxylic acid groups (broad SMARTS) is 1.